The predicted molar refractivity (Wildman–Crippen MR) is 82.7 cm³/mol. The van der Waals surface area contributed by atoms with Crippen molar-refractivity contribution in [2.24, 2.45) is 0 Å². The molecular weight excluding hydrogens is 280 g/mol. The van der Waals surface area contributed by atoms with E-state index in [4.69, 9.17) is 9.47 Å². The summed E-state index contributed by atoms with van der Waals surface area (Å²) in [6, 6.07) is 9.51. The largest absolute Gasteiger partial charge is 0.497 e. The van der Waals surface area contributed by atoms with Crippen LogP contribution in [0.1, 0.15) is 38.7 Å². The molecule has 1 aliphatic rings. The zero-order valence-electron chi connectivity index (χ0n) is 13.5. The van der Waals surface area contributed by atoms with Gasteiger partial charge < -0.3 is 9.47 Å². The van der Waals surface area contributed by atoms with E-state index in [1.54, 1.807) is 7.11 Å². The summed E-state index contributed by atoms with van der Waals surface area (Å²) in [5.74, 6) is 0.897. The second-order valence-electron chi connectivity index (χ2n) is 6.49. The monoisotopic (exact) mass is 302 g/mol. The van der Waals surface area contributed by atoms with Crippen LogP contribution in [0, 0.1) is 11.3 Å². The lowest BCUT2D eigenvalue weighted by molar-refractivity contribution is 0.0257. The number of carbonyl (C=O) groups excluding carboxylic acids is 1. The van der Waals surface area contributed by atoms with E-state index < -0.39 is 17.7 Å². The molecule has 0 aliphatic carbocycles. The molecule has 5 nitrogen and oxygen atoms in total. The van der Waals surface area contributed by atoms with Crippen molar-refractivity contribution in [3.63, 3.8) is 0 Å². The number of rotatable bonds is 2. The van der Waals surface area contributed by atoms with E-state index in [-0.39, 0.29) is 5.92 Å². The summed E-state index contributed by atoms with van der Waals surface area (Å²) in [5, 5.41) is 9.32. The molecule has 1 amide bonds. The quantitative estimate of drug-likeness (QED) is 0.840. The van der Waals surface area contributed by atoms with E-state index in [0.717, 1.165) is 11.3 Å². The SMILES string of the molecule is COc1cccc([C@H]2C[C@@H](C#N)N(C(=O)OC(C)(C)C)C2)c1. The molecule has 1 heterocycles. The van der Waals surface area contributed by atoms with E-state index in [1.165, 1.54) is 4.90 Å². The van der Waals surface area contributed by atoms with Gasteiger partial charge in [-0.05, 0) is 44.9 Å². The first kappa shape index (κ1) is 16.2. The number of methoxy groups -OCH3 is 1. The van der Waals surface area contributed by atoms with Crippen molar-refractivity contribution in [1.29, 1.82) is 5.26 Å². The first-order valence-electron chi connectivity index (χ1n) is 7.37. The third kappa shape index (κ3) is 3.70. The third-order valence-electron chi connectivity index (χ3n) is 3.64. The number of benzene rings is 1. The maximum Gasteiger partial charge on any atom is 0.411 e. The van der Waals surface area contributed by atoms with Crippen molar-refractivity contribution in [3.05, 3.63) is 29.8 Å². The zero-order valence-corrected chi connectivity index (χ0v) is 13.5. The van der Waals surface area contributed by atoms with Gasteiger partial charge >= 0.3 is 6.09 Å². The van der Waals surface area contributed by atoms with Gasteiger partial charge in [0.1, 0.15) is 17.4 Å². The number of hydrogen-bond donors (Lipinski definition) is 0. The minimum Gasteiger partial charge on any atom is -0.497 e. The molecule has 0 N–H and O–H groups in total. The van der Waals surface area contributed by atoms with Crippen LogP contribution < -0.4 is 4.74 Å². The Morgan fingerprint density at radius 2 is 2.14 bits per heavy atom. The highest BCUT2D eigenvalue weighted by atomic mass is 16.6. The van der Waals surface area contributed by atoms with Crippen molar-refractivity contribution >= 4 is 6.09 Å². The molecule has 0 aromatic heterocycles. The lowest BCUT2D eigenvalue weighted by Crippen LogP contribution is -2.39. The van der Waals surface area contributed by atoms with Gasteiger partial charge in [0.2, 0.25) is 0 Å². The van der Waals surface area contributed by atoms with Gasteiger partial charge in [-0.1, -0.05) is 12.1 Å². The molecule has 0 saturated carbocycles. The summed E-state index contributed by atoms with van der Waals surface area (Å²) in [6.45, 7) is 5.95. The Morgan fingerprint density at radius 1 is 1.41 bits per heavy atom. The summed E-state index contributed by atoms with van der Waals surface area (Å²) in [4.78, 5) is 13.8. The molecule has 118 valence electrons. The minimum atomic E-state index is -0.564. The smallest absolute Gasteiger partial charge is 0.411 e. The Labute approximate surface area is 131 Å². The van der Waals surface area contributed by atoms with Crippen LogP contribution >= 0.6 is 0 Å². The Kier molecular flexibility index (Phi) is 4.60. The first-order chi connectivity index (χ1) is 10.3. The molecule has 0 radical (unpaired) electrons. The standard InChI is InChI=1S/C17H22N2O3/c1-17(2,3)22-16(20)19-11-13(8-14(19)10-18)12-6-5-7-15(9-12)21-4/h5-7,9,13-14H,8,11H2,1-4H3/t13-,14-/m0/s1. The summed E-state index contributed by atoms with van der Waals surface area (Å²) in [5.41, 5.74) is 0.510. The Balaban J connectivity index is 2.15. The number of nitriles is 1. The summed E-state index contributed by atoms with van der Waals surface area (Å²) in [6.07, 6.45) is 0.188. The lowest BCUT2D eigenvalue weighted by atomic mass is 9.96. The molecule has 1 aromatic carbocycles. The predicted octanol–water partition coefficient (Wildman–Crippen LogP) is 3.31. The molecule has 1 aliphatic heterocycles. The van der Waals surface area contributed by atoms with Crippen molar-refractivity contribution in [3.8, 4) is 11.8 Å². The molecule has 0 unspecified atom stereocenters. The molecule has 1 fully saturated rings. The highest BCUT2D eigenvalue weighted by molar-refractivity contribution is 5.69. The molecule has 22 heavy (non-hydrogen) atoms. The molecule has 1 saturated heterocycles. The van der Waals surface area contributed by atoms with Crippen LogP contribution in [0.2, 0.25) is 0 Å². The summed E-state index contributed by atoms with van der Waals surface area (Å²) < 4.78 is 10.6. The average molecular weight is 302 g/mol. The number of amides is 1. The zero-order chi connectivity index (χ0) is 16.3. The first-order valence-corrected chi connectivity index (χ1v) is 7.37. The van der Waals surface area contributed by atoms with Crippen molar-refractivity contribution < 1.29 is 14.3 Å². The van der Waals surface area contributed by atoms with Gasteiger partial charge in [-0.15, -0.1) is 0 Å². The fourth-order valence-corrected chi connectivity index (χ4v) is 2.62. The number of likely N-dealkylation sites (tertiary alicyclic amines) is 1. The lowest BCUT2D eigenvalue weighted by Gasteiger charge is -2.26. The van der Waals surface area contributed by atoms with E-state index >= 15 is 0 Å². The van der Waals surface area contributed by atoms with Crippen LogP contribution in [-0.2, 0) is 4.74 Å². The Bertz CT molecular complexity index is 586. The van der Waals surface area contributed by atoms with Crippen LogP contribution in [0.5, 0.6) is 5.75 Å². The average Bonchev–Trinajstić information content (AvgIpc) is 2.90. The van der Waals surface area contributed by atoms with E-state index in [1.807, 2.05) is 45.0 Å². The normalized spacial score (nSPS) is 21.3. The topological polar surface area (TPSA) is 62.6 Å². The van der Waals surface area contributed by atoms with E-state index in [9.17, 15) is 10.1 Å². The molecule has 0 bridgehead atoms. The number of ether oxygens (including phenoxy) is 2. The van der Waals surface area contributed by atoms with Crippen LogP contribution in [0.3, 0.4) is 0 Å². The fourth-order valence-electron chi connectivity index (χ4n) is 2.62. The molecule has 1 aromatic rings. The van der Waals surface area contributed by atoms with Gasteiger partial charge in [0, 0.05) is 12.5 Å². The summed E-state index contributed by atoms with van der Waals surface area (Å²) in [7, 11) is 1.62. The number of nitrogens with zero attached hydrogens (tertiary/aromatic N) is 2. The minimum absolute atomic E-state index is 0.118. The van der Waals surface area contributed by atoms with E-state index in [0.29, 0.717) is 13.0 Å². The Hall–Kier alpha value is -2.22. The number of carbonyl (C=O) groups is 1. The molecule has 2 rings (SSSR count). The molecule has 2 atom stereocenters. The van der Waals surface area contributed by atoms with Gasteiger partial charge in [0.25, 0.3) is 0 Å². The second-order valence-corrected chi connectivity index (χ2v) is 6.49. The van der Waals surface area contributed by atoms with Crippen molar-refractivity contribution in [2.75, 3.05) is 13.7 Å². The van der Waals surface area contributed by atoms with E-state index in [2.05, 4.69) is 6.07 Å². The number of hydrogen-bond acceptors (Lipinski definition) is 4. The van der Waals surface area contributed by atoms with Gasteiger partial charge in [-0.2, -0.15) is 5.26 Å². The highest BCUT2D eigenvalue weighted by Crippen LogP contribution is 2.33. The van der Waals surface area contributed by atoms with Crippen LogP contribution in [0.15, 0.2) is 24.3 Å². The van der Waals surface area contributed by atoms with Crippen molar-refractivity contribution in [2.45, 2.75) is 44.8 Å². The van der Waals surface area contributed by atoms with Crippen LogP contribution in [0.25, 0.3) is 0 Å². The highest BCUT2D eigenvalue weighted by Gasteiger charge is 2.38. The van der Waals surface area contributed by atoms with Gasteiger partial charge in [-0.3, -0.25) is 4.90 Å². The second kappa shape index (κ2) is 6.27. The van der Waals surface area contributed by atoms with Crippen LogP contribution in [-0.4, -0.2) is 36.3 Å². The van der Waals surface area contributed by atoms with Gasteiger partial charge in [-0.25, -0.2) is 4.79 Å². The van der Waals surface area contributed by atoms with Crippen LogP contribution in [0.4, 0.5) is 4.79 Å². The van der Waals surface area contributed by atoms with Gasteiger partial charge in [0.15, 0.2) is 0 Å². The molecule has 5 heteroatoms. The maximum absolute atomic E-state index is 12.3. The maximum atomic E-state index is 12.3. The van der Waals surface area contributed by atoms with Gasteiger partial charge in [0.05, 0.1) is 13.2 Å². The molecule has 0 spiro atoms. The Morgan fingerprint density at radius 3 is 2.73 bits per heavy atom. The summed E-state index contributed by atoms with van der Waals surface area (Å²) >= 11 is 0. The van der Waals surface area contributed by atoms with Crippen molar-refractivity contribution in [1.82, 2.24) is 4.90 Å². The molecular formula is C17H22N2O3. The fraction of sp³-hybridized carbons (Fsp3) is 0.529. The third-order valence-corrected chi connectivity index (χ3v) is 3.64.